The Morgan fingerprint density at radius 1 is 1.35 bits per heavy atom. The molecule has 0 aliphatic rings. The molecule has 92 valence electrons. The van der Waals surface area contributed by atoms with E-state index in [2.05, 4.69) is 15.6 Å². The Hall–Kier alpha value is -1.91. The summed E-state index contributed by atoms with van der Waals surface area (Å²) >= 11 is 0. The molecule has 0 atom stereocenters. The van der Waals surface area contributed by atoms with Crippen molar-refractivity contribution in [2.24, 2.45) is 0 Å². The Bertz CT molecular complexity index is 377. The lowest BCUT2D eigenvalue weighted by Gasteiger charge is -2.08. The monoisotopic (exact) mass is 235 g/mol. The summed E-state index contributed by atoms with van der Waals surface area (Å²) in [4.78, 5) is 26.6. The molecule has 1 rings (SSSR count). The largest absolute Gasteiger partial charge is 0.353 e. The van der Waals surface area contributed by atoms with E-state index in [0.717, 1.165) is 5.56 Å². The van der Waals surface area contributed by atoms with E-state index >= 15 is 0 Å². The van der Waals surface area contributed by atoms with Crippen LogP contribution in [0.5, 0.6) is 0 Å². The molecule has 5 heteroatoms. The zero-order chi connectivity index (χ0) is 12.7. The molecule has 0 spiro atoms. The number of aromatic nitrogens is 1. The summed E-state index contributed by atoms with van der Waals surface area (Å²) in [6, 6.07) is 3.71. The molecule has 5 nitrogen and oxygen atoms in total. The Morgan fingerprint density at radius 3 is 2.71 bits per heavy atom. The molecule has 0 aromatic carbocycles. The van der Waals surface area contributed by atoms with E-state index in [4.69, 9.17) is 0 Å². The second-order valence-electron chi connectivity index (χ2n) is 4.04. The normalized spacial score (nSPS) is 10.1. The van der Waals surface area contributed by atoms with E-state index in [1.807, 2.05) is 19.9 Å². The van der Waals surface area contributed by atoms with Gasteiger partial charge in [-0.2, -0.15) is 0 Å². The fourth-order valence-corrected chi connectivity index (χ4v) is 1.28. The predicted octanol–water partition coefficient (Wildman–Crippen LogP) is 0.612. The molecule has 2 N–H and O–H groups in total. The van der Waals surface area contributed by atoms with Crippen LogP contribution < -0.4 is 10.6 Å². The van der Waals surface area contributed by atoms with Gasteiger partial charge < -0.3 is 10.6 Å². The zero-order valence-electron chi connectivity index (χ0n) is 10.1. The molecular formula is C12H17N3O2. The Kier molecular flexibility index (Phi) is 5.13. The first kappa shape index (κ1) is 13.2. The highest BCUT2D eigenvalue weighted by molar-refractivity contribution is 5.96. The van der Waals surface area contributed by atoms with Crippen molar-refractivity contribution in [3.63, 3.8) is 0 Å². The van der Waals surface area contributed by atoms with Gasteiger partial charge in [0.15, 0.2) is 0 Å². The summed E-state index contributed by atoms with van der Waals surface area (Å²) in [5.41, 5.74) is 0.908. The quantitative estimate of drug-likeness (QED) is 0.735. The van der Waals surface area contributed by atoms with Gasteiger partial charge in [-0.15, -0.1) is 0 Å². The first-order valence-electron chi connectivity index (χ1n) is 5.53. The van der Waals surface area contributed by atoms with Crippen LogP contribution in [0, 0.1) is 0 Å². The van der Waals surface area contributed by atoms with Crippen molar-refractivity contribution in [2.45, 2.75) is 32.9 Å². The minimum Gasteiger partial charge on any atom is -0.353 e. The third-order valence-electron chi connectivity index (χ3n) is 1.98. The lowest BCUT2D eigenvalue weighted by Crippen LogP contribution is -2.35. The number of rotatable bonds is 5. The van der Waals surface area contributed by atoms with Crippen LogP contribution in [0.4, 0.5) is 0 Å². The second-order valence-corrected chi connectivity index (χ2v) is 4.04. The highest BCUT2D eigenvalue weighted by Crippen LogP contribution is 1.94. The Balaban J connectivity index is 2.28. The van der Waals surface area contributed by atoms with E-state index in [0.29, 0.717) is 6.54 Å². The van der Waals surface area contributed by atoms with Gasteiger partial charge in [0, 0.05) is 25.0 Å². The molecule has 1 aromatic heterocycles. The molecule has 0 bridgehead atoms. The highest BCUT2D eigenvalue weighted by Gasteiger charge is 2.09. The van der Waals surface area contributed by atoms with Crippen LogP contribution >= 0.6 is 0 Å². The molecule has 0 unspecified atom stereocenters. The maximum atomic E-state index is 11.4. The van der Waals surface area contributed by atoms with Gasteiger partial charge in [-0.25, -0.2) is 0 Å². The van der Waals surface area contributed by atoms with Crippen LogP contribution in [0.2, 0.25) is 0 Å². The SMILES string of the molecule is CC(C)NC(=O)CC(=O)NCc1cccnc1. The summed E-state index contributed by atoms with van der Waals surface area (Å²) in [5.74, 6) is -0.546. The maximum Gasteiger partial charge on any atom is 0.229 e. The summed E-state index contributed by atoms with van der Waals surface area (Å²) in [6.07, 6.45) is 3.20. The molecule has 2 amide bonds. The zero-order valence-corrected chi connectivity index (χ0v) is 10.1. The smallest absolute Gasteiger partial charge is 0.229 e. The highest BCUT2D eigenvalue weighted by atomic mass is 16.2. The van der Waals surface area contributed by atoms with E-state index in [1.54, 1.807) is 18.5 Å². The molecule has 0 saturated carbocycles. The number of hydrogen-bond donors (Lipinski definition) is 2. The third-order valence-corrected chi connectivity index (χ3v) is 1.98. The van der Waals surface area contributed by atoms with Crippen LogP contribution in [0.1, 0.15) is 25.8 Å². The summed E-state index contributed by atoms with van der Waals surface area (Å²) in [5, 5.41) is 5.32. The summed E-state index contributed by atoms with van der Waals surface area (Å²) in [7, 11) is 0. The average molecular weight is 235 g/mol. The molecule has 17 heavy (non-hydrogen) atoms. The van der Waals surface area contributed by atoms with Crippen LogP contribution in [0.15, 0.2) is 24.5 Å². The van der Waals surface area contributed by atoms with Gasteiger partial charge in [0.25, 0.3) is 0 Å². The predicted molar refractivity (Wildman–Crippen MR) is 64.0 cm³/mol. The van der Waals surface area contributed by atoms with Gasteiger partial charge >= 0.3 is 0 Å². The fraction of sp³-hybridized carbons (Fsp3) is 0.417. The first-order valence-corrected chi connectivity index (χ1v) is 5.53. The minimum absolute atomic E-state index is 0.0497. The molecule has 0 aliphatic carbocycles. The molecule has 0 aliphatic heterocycles. The lowest BCUT2D eigenvalue weighted by atomic mass is 10.2. The lowest BCUT2D eigenvalue weighted by molar-refractivity contribution is -0.129. The Labute approximate surface area is 101 Å². The Morgan fingerprint density at radius 2 is 2.12 bits per heavy atom. The maximum absolute atomic E-state index is 11.4. The minimum atomic E-state index is -0.285. The molecular weight excluding hydrogens is 218 g/mol. The number of nitrogens with zero attached hydrogens (tertiary/aromatic N) is 1. The molecule has 0 radical (unpaired) electrons. The van der Waals surface area contributed by atoms with E-state index in [1.165, 1.54) is 0 Å². The topological polar surface area (TPSA) is 71.1 Å². The molecule has 1 aromatic rings. The van der Waals surface area contributed by atoms with Crippen LogP contribution in [-0.2, 0) is 16.1 Å². The number of amides is 2. The van der Waals surface area contributed by atoms with Gasteiger partial charge in [0.05, 0.1) is 0 Å². The summed E-state index contributed by atoms with van der Waals surface area (Å²) in [6.45, 7) is 4.10. The van der Waals surface area contributed by atoms with Crippen molar-refractivity contribution in [3.05, 3.63) is 30.1 Å². The molecule has 1 heterocycles. The van der Waals surface area contributed by atoms with E-state index in [9.17, 15) is 9.59 Å². The molecule has 0 saturated heterocycles. The number of nitrogens with one attached hydrogen (secondary N) is 2. The van der Waals surface area contributed by atoms with Crippen molar-refractivity contribution >= 4 is 11.8 Å². The van der Waals surface area contributed by atoms with Gasteiger partial charge in [0.2, 0.25) is 11.8 Å². The second kappa shape index (κ2) is 6.62. The van der Waals surface area contributed by atoms with Gasteiger partial charge in [0.1, 0.15) is 6.42 Å². The third kappa shape index (κ3) is 5.65. The fourth-order valence-electron chi connectivity index (χ4n) is 1.28. The van der Waals surface area contributed by atoms with Gasteiger partial charge in [-0.1, -0.05) is 6.07 Å². The van der Waals surface area contributed by atoms with E-state index in [-0.39, 0.29) is 24.3 Å². The number of carbonyl (C=O) groups is 2. The number of pyridine rings is 1. The van der Waals surface area contributed by atoms with Crippen LogP contribution in [0.25, 0.3) is 0 Å². The molecule has 0 fully saturated rings. The van der Waals surface area contributed by atoms with Crippen molar-refractivity contribution in [2.75, 3.05) is 0 Å². The van der Waals surface area contributed by atoms with Crippen molar-refractivity contribution in [3.8, 4) is 0 Å². The average Bonchev–Trinajstić information content (AvgIpc) is 2.26. The van der Waals surface area contributed by atoms with Gasteiger partial charge in [-0.05, 0) is 25.5 Å². The standard InChI is InChI=1S/C12H17N3O2/c1-9(2)15-12(17)6-11(16)14-8-10-4-3-5-13-7-10/h3-5,7,9H,6,8H2,1-2H3,(H,14,16)(H,15,17). The van der Waals surface area contributed by atoms with Crippen LogP contribution in [-0.4, -0.2) is 22.8 Å². The van der Waals surface area contributed by atoms with Crippen molar-refractivity contribution in [1.29, 1.82) is 0 Å². The number of carbonyl (C=O) groups excluding carboxylic acids is 2. The van der Waals surface area contributed by atoms with Crippen molar-refractivity contribution < 1.29 is 9.59 Å². The number of hydrogen-bond acceptors (Lipinski definition) is 3. The van der Waals surface area contributed by atoms with Crippen molar-refractivity contribution in [1.82, 2.24) is 15.6 Å². The summed E-state index contributed by atoms with van der Waals surface area (Å²) < 4.78 is 0. The van der Waals surface area contributed by atoms with Gasteiger partial charge in [-0.3, -0.25) is 14.6 Å². The van der Waals surface area contributed by atoms with E-state index < -0.39 is 0 Å². The first-order chi connectivity index (χ1) is 8.08. The van der Waals surface area contributed by atoms with Crippen LogP contribution in [0.3, 0.4) is 0 Å².